The number of halogens is 1. The predicted octanol–water partition coefficient (Wildman–Crippen LogP) is 2.12. The lowest BCUT2D eigenvalue weighted by atomic mass is 10.2. The van der Waals surface area contributed by atoms with Crippen LogP contribution in [0.15, 0.2) is 10.7 Å². The molecule has 0 radical (unpaired) electrons. The summed E-state index contributed by atoms with van der Waals surface area (Å²) in [7, 11) is 0. The number of nitrogens with one attached hydrogen (secondary N) is 1. The van der Waals surface area contributed by atoms with E-state index in [0.717, 1.165) is 16.1 Å². The van der Waals surface area contributed by atoms with E-state index in [1.54, 1.807) is 6.20 Å². The molecule has 1 heterocycles. The third-order valence-corrected chi connectivity index (χ3v) is 2.60. The highest BCUT2D eigenvalue weighted by atomic mass is 79.9. The molecular weight excluding hydrogens is 256 g/mol. The second-order valence-corrected chi connectivity index (χ2v) is 4.71. The molecule has 1 aromatic heterocycles. The van der Waals surface area contributed by atoms with Crippen LogP contribution in [0.1, 0.15) is 32.5 Å². The molecule has 0 spiro atoms. The lowest BCUT2D eigenvalue weighted by Crippen LogP contribution is -2.26. The summed E-state index contributed by atoms with van der Waals surface area (Å²) < 4.78 is 0.868. The lowest BCUT2D eigenvalue weighted by Gasteiger charge is -2.14. The quantitative estimate of drug-likeness (QED) is 0.882. The Kier molecular flexibility index (Phi) is 4.47. The normalized spacial score (nSPS) is 12.9. The second-order valence-electron chi connectivity index (χ2n) is 3.86. The first kappa shape index (κ1) is 12.4. The van der Waals surface area contributed by atoms with Crippen LogP contribution in [0.3, 0.4) is 0 Å². The Bertz CT molecular complexity index is 327. The zero-order valence-corrected chi connectivity index (χ0v) is 10.9. The first-order valence-corrected chi connectivity index (χ1v) is 5.83. The topological polar surface area (TPSA) is 63.8 Å². The minimum absolute atomic E-state index is 0.205. The van der Waals surface area contributed by atoms with Gasteiger partial charge in [-0.3, -0.25) is 0 Å². The zero-order chi connectivity index (χ0) is 11.4. The van der Waals surface area contributed by atoms with Gasteiger partial charge in [-0.1, -0.05) is 13.8 Å². The van der Waals surface area contributed by atoms with Crippen molar-refractivity contribution < 1.29 is 0 Å². The second kappa shape index (κ2) is 5.42. The average molecular weight is 273 g/mol. The van der Waals surface area contributed by atoms with Gasteiger partial charge in [-0.05, 0) is 22.9 Å². The van der Waals surface area contributed by atoms with Gasteiger partial charge in [0.2, 0.25) is 0 Å². The van der Waals surface area contributed by atoms with Crippen LogP contribution < -0.4 is 11.1 Å². The first-order chi connectivity index (χ1) is 7.04. The van der Waals surface area contributed by atoms with Crippen molar-refractivity contribution in [3.63, 3.8) is 0 Å². The Morgan fingerprint density at radius 2 is 2.13 bits per heavy atom. The fourth-order valence-electron chi connectivity index (χ4n) is 1.05. The van der Waals surface area contributed by atoms with Crippen molar-refractivity contribution >= 4 is 21.7 Å². The fraction of sp³-hybridized carbons (Fsp3) is 0.600. The summed E-state index contributed by atoms with van der Waals surface area (Å²) in [6.07, 6.45) is 1.77. The fourth-order valence-corrected chi connectivity index (χ4v) is 1.36. The minimum Gasteiger partial charge on any atom is -0.365 e. The summed E-state index contributed by atoms with van der Waals surface area (Å²) >= 11 is 3.41. The number of hydrogen-bond acceptors (Lipinski definition) is 4. The van der Waals surface area contributed by atoms with E-state index in [1.807, 2.05) is 6.92 Å². The highest BCUT2D eigenvalue weighted by Gasteiger charge is 2.09. The van der Waals surface area contributed by atoms with Crippen molar-refractivity contribution in [1.29, 1.82) is 0 Å². The molecular formula is C10H17BrN4. The molecule has 1 atom stereocenters. The van der Waals surface area contributed by atoms with Crippen LogP contribution in [-0.2, 0) is 0 Å². The predicted molar refractivity (Wildman–Crippen MR) is 66.0 cm³/mol. The van der Waals surface area contributed by atoms with Crippen LogP contribution in [-0.4, -0.2) is 22.6 Å². The summed E-state index contributed by atoms with van der Waals surface area (Å²) in [6, 6.07) is 0.205. The highest BCUT2D eigenvalue weighted by Crippen LogP contribution is 2.21. The van der Waals surface area contributed by atoms with Crippen molar-refractivity contribution in [2.75, 3.05) is 11.9 Å². The van der Waals surface area contributed by atoms with E-state index in [4.69, 9.17) is 5.73 Å². The molecule has 1 rings (SSSR count). The highest BCUT2D eigenvalue weighted by molar-refractivity contribution is 9.10. The standard InChI is InChI=1S/C10H17BrN4/c1-6(2)9-13-5-8(11)10(15-9)14-7(3)4-12/h5-7H,4,12H2,1-3H3,(H,13,14,15). The Balaban J connectivity index is 2.90. The molecule has 1 aromatic rings. The number of hydrogen-bond donors (Lipinski definition) is 2. The summed E-state index contributed by atoms with van der Waals surface area (Å²) in [5.41, 5.74) is 5.55. The third-order valence-electron chi connectivity index (χ3n) is 2.02. The number of rotatable bonds is 4. The van der Waals surface area contributed by atoms with E-state index >= 15 is 0 Å². The molecule has 84 valence electrons. The van der Waals surface area contributed by atoms with Crippen LogP contribution in [0.25, 0.3) is 0 Å². The molecule has 0 saturated carbocycles. The summed E-state index contributed by atoms with van der Waals surface area (Å²) in [5.74, 6) is 1.98. The molecule has 0 aliphatic rings. The van der Waals surface area contributed by atoms with Gasteiger partial charge >= 0.3 is 0 Å². The molecule has 3 N–H and O–H groups in total. The zero-order valence-electron chi connectivity index (χ0n) is 9.29. The van der Waals surface area contributed by atoms with E-state index in [-0.39, 0.29) is 6.04 Å². The van der Waals surface area contributed by atoms with E-state index in [1.165, 1.54) is 0 Å². The van der Waals surface area contributed by atoms with E-state index < -0.39 is 0 Å². The molecule has 15 heavy (non-hydrogen) atoms. The van der Waals surface area contributed by atoms with E-state index in [2.05, 4.69) is 45.1 Å². The molecule has 4 nitrogen and oxygen atoms in total. The maximum Gasteiger partial charge on any atom is 0.144 e. The third kappa shape index (κ3) is 3.43. The lowest BCUT2D eigenvalue weighted by molar-refractivity contribution is 0.756. The Morgan fingerprint density at radius 1 is 1.47 bits per heavy atom. The van der Waals surface area contributed by atoms with Crippen molar-refractivity contribution in [2.24, 2.45) is 5.73 Å². The van der Waals surface area contributed by atoms with Crippen molar-refractivity contribution in [1.82, 2.24) is 9.97 Å². The van der Waals surface area contributed by atoms with Crippen LogP contribution >= 0.6 is 15.9 Å². The minimum atomic E-state index is 0.205. The summed E-state index contributed by atoms with van der Waals surface area (Å²) in [4.78, 5) is 8.68. The molecule has 5 heteroatoms. The summed E-state index contributed by atoms with van der Waals surface area (Å²) in [6.45, 7) is 6.73. The molecule has 0 fully saturated rings. The monoisotopic (exact) mass is 272 g/mol. The SMILES string of the molecule is CC(CN)Nc1nc(C(C)C)ncc1Br. The number of aromatic nitrogens is 2. The Morgan fingerprint density at radius 3 is 2.67 bits per heavy atom. The van der Waals surface area contributed by atoms with E-state index in [9.17, 15) is 0 Å². The maximum absolute atomic E-state index is 5.55. The van der Waals surface area contributed by atoms with Crippen molar-refractivity contribution in [3.8, 4) is 0 Å². The van der Waals surface area contributed by atoms with Gasteiger partial charge in [-0.25, -0.2) is 9.97 Å². The largest absolute Gasteiger partial charge is 0.365 e. The molecule has 0 bridgehead atoms. The smallest absolute Gasteiger partial charge is 0.144 e. The van der Waals surface area contributed by atoms with Gasteiger partial charge in [0.15, 0.2) is 0 Å². The van der Waals surface area contributed by atoms with Crippen LogP contribution in [0, 0.1) is 0 Å². The first-order valence-electron chi connectivity index (χ1n) is 5.03. The summed E-state index contributed by atoms with van der Waals surface area (Å²) in [5, 5.41) is 3.23. The average Bonchev–Trinajstić information content (AvgIpc) is 2.20. The van der Waals surface area contributed by atoms with Gasteiger partial charge in [0.1, 0.15) is 11.6 Å². The van der Waals surface area contributed by atoms with Crippen LogP contribution in [0.2, 0.25) is 0 Å². The van der Waals surface area contributed by atoms with Gasteiger partial charge in [0, 0.05) is 24.7 Å². The molecule has 1 unspecified atom stereocenters. The van der Waals surface area contributed by atoms with Gasteiger partial charge < -0.3 is 11.1 Å². The molecule has 0 amide bonds. The van der Waals surface area contributed by atoms with E-state index in [0.29, 0.717) is 12.5 Å². The van der Waals surface area contributed by atoms with Gasteiger partial charge in [-0.2, -0.15) is 0 Å². The number of nitrogens with two attached hydrogens (primary N) is 1. The van der Waals surface area contributed by atoms with Crippen LogP contribution in [0.5, 0.6) is 0 Å². The molecule has 0 saturated heterocycles. The Labute approximate surface area is 98.8 Å². The van der Waals surface area contributed by atoms with Crippen molar-refractivity contribution in [3.05, 3.63) is 16.5 Å². The van der Waals surface area contributed by atoms with Crippen molar-refractivity contribution in [2.45, 2.75) is 32.7 Å². The van der Waals surface area contributed by atoms with Gasteiger partial charge in [-0.15, -0.1) is 0 Å². The van der Waals surface area contributed by atoms with Gasteiger partial charge in [0.05, 0.1) is 4.47 Å². The number of anilines is 1. The molecule has 0 aliphatic heterocycles. The van der Waals surface area contributed by atoms with Gasteiger partial charge in [0.25, 0.3) is 0 Å². The number of nitrogens with zero attached hydrogens (tertiary/aromatic N) is 2. The van der Waals surface area contributed by atoms with Crippen LogP contribution in [0.4, 0.5) is 5.82 Å². The Hall–Kier alpha value is -0.680. The molecule has 0 aromatic carbocycles. The molecule has 0 aliphatic carbocycles. The maximum atomic E-state index is 5.55.